The smallest absolute Gasteiger partial charge is 0.336 e. The SMILES string of the molecule is O=C(/C=C/c1ccc(Cl)cc1)Oc1ccc(Br)cc1C=NNC(=O)c1cccc(NC(=O)c2ccc([N+](=O)[O-])cc2)c1. The van der Waals surface area contributed by atoms with Gasteiger partial charge in [-0.2, -0.15) is 5.10 Å². The number of nitrogens with one attached hydrogen (secondary N) is 2. The Morgan fingerprint density at radius 3 is 2.36 bits per heavy atom. The fourth-order valence-electron chi connectivity index (χ4n) is 3.49. The van der Waals surface area contributed by atoms with Crippen molar-refractivity contribution in [3.8, 4) is 5.75 Å². The van der Waals surface area contributed by atoms with Gasteiger partial charge in [-0.25, -0.2) is 10.2 Å². The summed E-state index contributed by atoms with van der Waals surface area (Å²) in [5, 5.41) is 18.0. The number of nitro groups is 1. The van der Waals surface area contributed by atoms with Crippen LogP contribution in [0.1, 0.15) is 31.8 Å². The van der Waals surface area contributed by atoms with E-state index >= 15 is 0 Å². The minimum Gasteiger partial charge on any atom is -0.423 e. The molecule has 0 fully saturated rings. The van der Waals surface area contributed by atoms with Gasteiger partial charge < -0.3 is 10.1 Å². The van der Waals surface area contributed by atoms with Gasteiger partial charge in [-0.3, -0.25) is 19.7 Å². The molecule has 0 bridgehead atoms. The van der Waals surface area contributed by atoms with Crippen LogP contribution < -0.4 is 15.5 Å². The molecule has 210 valence electrons. The fourth-order valence-corrected chi connectivity index (χ4v) is 4.00. The number of non-ortho nitro benzene ring substituents is 1. The lowest BCUT2D eigenvalue weighted by atomic mass is 10.1. The third-order valence-electron chi connectivity index (χ3n) is 5.56. The number of nitrogens with zero attached hydrogens (tertiary/aromatic N) is 2. The number of rotatable bonds is 9. The zero-order valence-corrected chi connectivity index (χ0v) is 23.8. The zero-order valence-electron chi connectivity index (χ0n) is 21.5. The van der Waals surface area contributed by atoms with E-state index in [9.17, 15) is 24.5 Å². The molecular weight excluding hydrogens is 628 g/mol. The van der Waals surface area contributed by atoms with Gasteiger partial charge >= 0.3 is 5.97 Å². The Kier molecular flexibility index (Phi) is 9.93. The van der Waals surface area contributed by atoms with Crippen LogP contribution in [0, 0.1) is 10.1 Å². The van der Waals surface area contributed by atoms with Gasteiger partial charge in [-0.15, -0.1) is 0 Å². The highest BCUT2D eigenvalue weighted by Crippen LogP contribution is 2.22. The van der Waals surface area contributed by atoms with Crippen LogP contribution >= 0.6 is 27.5 Å². The van der Waals surface area contributed by atoms with Crippen molar-refractivity contribution in [2.45, 2.75) is 0 Å². The molecular formula is C30H20BrClN4O6. The first-order chi connectivity index (χ1) is 20.2. The summed E-state index contributed by atoms with van der Waals surface area (Å²) in [6.45, 7) is 0. The second-order valence-corrected chi connectivity index (χ2v) is 9.88. The van der Waals surface area contributed by atoms with E-state index in [1.165, 1.54) is 48.7 Å². The van der Waals surface area contributed by atoms with Gasteiger partial charge in [0.25, 0.3) is 17.5 Å². The van der Waals surface area contributed by atoms with Gasteiger partial charge in [0.15, 0.2) is 0 Å². The van der Waals surface area contributed by atoms with Gasteiger partial charge in [0.1, 0.15) is 5.75 Å². The van der Waals surface area contributed by atoms with E-state index in [0.717, 1.165) is 5.56 Å². The molecule has 0 aliphatic heterocycles. The Morgan fingerprint density at radius 1 is 0.905 bits per heavy atom. The predicted octanol–water partition coefficient (Wildman–Crippen LogP) is 6.65. The number of hydrazone groups is 1. The summed E-state index contributed by atoms with van der Waals surface area (Å²) in [5.41, 5.74) is 4.22. The van der Waals surface area contributed by atoms with Crippen molar-refractivity contribution in [3.63, 3.8) is 0 Å². The zero-order chi connectivity index (χ0) is 30.1. The lowest BCUT2D eigenvalue weighted by Gasteiger charge is -2.08. The molecule has 0 heterocycles. The van der Waals surface area contributed by atoms with Crippen molar-refractivity contribution in [1.29, 1.82) is 0 Å². The first kappa shape index (κ1) is 29.8. The first-order valence-electron chi connectivity index (χ1n) is 12.1. The molecule has 0 aromatic heterocycles. The van der Waals surface area contributed by atoms with Crippen molar-refractivity contribution in [2.24, 2.45) is 5.10 Å². The predicted molar refractivity (Wildman–Crippen MR) is 163 cm³/mol. The Balaban J connectivity index is 1.38. The van der Waals surface area contributed by atoms with E-state index in [1.54, 1.807) is 60.7 Å². The number of anilines is 1. The summed E-state index contributed by atoms with van der Waals surface area (Å²) in [7, 11) is 0. The number of halogens is 2. The van der Waals surface area contributed by atoms with Crippen LogP contribution in [0.4, 0.5) is 11.4 Å². The molecule has 4 rings (SSSR count). The molecule has 0 saturated carbocycles. The molecule has 0 saturated heterocycles. The maximum atomic E-state index is 12.7. The van der Waals surface area contributed by atoms with E-state index in [1.807, 2.05) is 0 Å². The lowest BCUT2D eigenvalue weighted by Crippen LogP contribution is -2.18. The monoisotopic (exact) mass is 646 g/mol. The standard InChI is InChI=1S/C30H20BrClN4O6/c31-23-9-14-27(42-28(37)15-6-19-4-10-24(32)11-5-19)22(16-23)18-33-35-30(39)21-2-1-3-25(17-21)34-29(38)20-7-12-26(13-8-20)36(40)41/h1-18H,(H,34,38)(H,35,39)/b15-6+,33-18?. The molecule has 2 amide bonds. The Hall–Kier alpha value is -5.13. The summed E-state index contributed by atoms with van der Waals surface area (Å²) in [5.74, 6) is -1.45. The number of benzene rings is 4. The third-order valence-corrected chi connectivity index (χ3v) is 6.30. The molecule has 2 N–H and O–H groups in total. The molecule has 0 aliphatic carbocycles. The van der Waals surface area contributed by atoms with Gasteiger partial charge in [-0.05, 0) is 72.3 Å². The molecule has 0 aliphatic rings. The molecule has 0 radical (unpaired) electrons. The normalized spacial score (nSPS) is 10.9. The minimum atomic E-state index is -0.612. The lowest BCUT2D eigenvalue weighted by molar-refractivity contribution is -0.384. The molecule has 4 aromatic rings. The quantitative estimate of drug-likeness (QED) is 0.0521. The second-order valence-electron chi connectivity index (χ2n) is 8.53. The van der Waals surface area contributed by atoms with Crippen molar-refractivity contribution in [3.05, 3.63) is 139 Å². The summed E-state index contributed by atoms with van der Waals surface area (Å²) in [4.78, 5) is 47.8. The summed E-state index contributed by atoms with van der Waals surface area (Å²) >= 11 is 9.24. The molecule has 4 aromatic carbocycles. The number of nitro benzene ring substituents is 1. The fraction of sp³-hybridized carbons (Fsp3) is 0. The van der Waals surface area contributed by atoms with Crippen molar-refractivity contribution < 1.29 is 24.0 Å². The minimum absolute atomic E-state index is 0.134. The Labute approximate surface area is 252 Å². The second kappa shape index (κ2) is 14.0. The maximum Gasteiger partial charge on any atom is 0.336 e. The number of hydrogen-bond acceptors (Lipinski definition) is 7. The van der Waals surface area contributed by atoms with Crippen molar-refractivity contribution in [1.82, 2.24) is 5.43 Å². The van der Waals surface area contributed by atoms with E-state index in [2.05, 4.69) is 31.8 Å². The summed E-state index contributed by atoms with van der Waals surface area (Å²) in [6.07, 6.45) is 4.20. The van der Waals surface area contributed by atoms with E-state index < -0.39 is 22.7 Å². The van der Waals surface area contributed by atoms with Crippen LogP contribution in [0.5, 0.6) is 5.75 Å². The highest BCUT2D eigenvalue weighted by atomic mass is 79.9. The molecule has 12 heteroatoms. The van der Waals surface area contributed by atoms with Crippen molar-refractivity contribution in [2.75, 3.05) is 5.32 Å². The van der Waals surface area contributed by atoms with Crippen LogP contribution in [0.15, 0.2) is 107 Å². The molecule has 0 unspecified atom stereocenters. The van der Waals surface area contributed by atoms with Crippen LogP contribution in [0.25, 0.3) is 6.08 Å². The highest BCUT2D eigenvalue weighted by Gasteiger charge is 2.12. The number of amides is 2. The maximum absolute atomic E-state index is 12.7. The Bertz CT molecular complexity index is 1710. The Morgan fingerprint density at radius 2 is 1.64 bits per heavy atom. The van der Waals surface area contributed by atoms with Gasteiger partial charge in [0.05, 0.1) is 11.1 Å². The molecule has 0 atom stereocenters. The van der Waals surface area contributed by atoms with E-state index in [4.69, 9.17) is 16.3 Å². The average molecular weight is 648 g/mol. The molecule has 0 spiro atoms. The van der Waals surface area contributed by atoms with E-state index in [0.29, 0.717) is 20.7 Å². The van der Waals surface area contributed by atoms with Crippen LogP contribution in [-0.2, 0) is 4.79 Å². The van der Waals surface area contributed by atoms with Crippen molar-refractivity contribution >= 4 is 69.0 Å². The number of ether oxygens (including phenoxy) is 1. The summed E-state index contributed by atoms with van der Waals surface area (Å²) < 4.78 is 6.14. The van der Waals surface area contributed by atoms with Gasteiger partial charge in [-0.1, -0.05) is 45.7 Å². The van der Waals surface area contributed by atoms with Crippen LogP contribution in [-0.4, -0.2) is 28.9 Å². The topological polar surface area (TPSA) is 140 Å². The molecule has 10 nitrogen and oxygen atoms in total. The first-order valence-corrected chi connectivity index (χ1v) is 13.3. The number of carbonyl (C=O) groups excluding carboxylic acids is 3. The van der Waals surface area contributed by atoms with Crippen LogP contribution in [0.2, 0.25) is 5.02 Å². The molecule has 42 heavy (non-hydrogen) atoms. The van der Waals surface area contributed by atoms with Gasteiger partial charge in [0.2, 0.25) is 0 Å². The van der Waals surface area contributed by atoms with E-state index in [-0.39, 0.29) is 22.6 Å². The largest absolute Gasteiger partial charge is 0.423 e. The number of hydrogen-bond donors (Lipinski definition) is 2. The third kappa shape index (κ3) is 8.43. The van der Waals surface area contributed by atoms with Crippen LogP contribution in [0.3, 0.4) is 0 Å². The number of esters is 1. The van der Waals surface area contributed by atoms with Gasteiger partial charge in [0, 0.05) is 50.1 Å². The number of carbonyl (C=O) groups is 3. The average Bonchev–Trinajstić information content (AvgIpc) is 2.98. The summed E-state index contributed by atoms with van der Waals surface area (Å²) in [6, 6.07) is 23.1. The highest BCUT2D eigenvalue weighted by molar-refractivity contribution is 9.10.